The third kappa shape index (κ3) is 6.60. The Morgan fingerprint density at radius 3 is 2.49 bits per heavy atom. The van der Waals surface area contributed by atoms with Crippen LogP contribution in [0.3, 0.4) is 0 Å². The molecule has 3 heterocycles. The summed E-state index contributed by atoms with van der Waals surface area (Å²) in [5.74, 6) is 1.26. The predicted octanol–water partition coefficient (Wildman–Crippen LogP) is 4.61. The molecule has 4 unspecified atom stereocenters. The molecule has 0 bridgehead atoms. The molecule has 6 aliphatic rings. The second kappa shape index (κ2) is 14.0. The van der Waals surface area contributed by atoms with Gasteiger partial charge in [0, 0.05) is 50.1 Å². The van der Waals surface area contributed by atoms with Crippen molar-refractivity contribution in [1.82, 2.24) is 19.6 Å². The number of hydrogen-bond donors (Lipinski definition) is 5. The summed E-state index contributed by atoms with van der Waals surface area (Å²) in [6.07, 6.45) is 13.6. The third-order valence-electron chi connectivity index (χ3n) is 13.6. The van der Waals surface area contributed by atoms with Gasteiger partial charge < -0.3 is 31.5 Å². The molecule has 6 N–H and O–H groups in total. The van der Waals surface area contributed by atoms with Gasteiger partial charge in [0.05, 0.1) is 48.7 Å². The van der Waals surface area contributed by atoms with Gasteiger partial charge in [0.25, 0.3) is 0 Å². The molecule has 9 nitrogen and oxygen atoms in total. The molecule has 1 aromatic rings. The summed E-state index contributed by atoms with van der Waals surface area (Å²) < 4.78 is 0. The van der Waals surface area contributed by atoms with E-state index in [1.807, 2.05) is 0 Å². The second-order valence-electron chi connectivity index (χ2n) is 16.8. The van der Waals surface area contributed by atoms with Gasteiger partial charge in [-0.25, -0.2) is 0 Å². The monoisotopic (exact) mass is 652 g/mol. The number of nitrogens with two attached hydrogens (primary N) is 1. The number of anilines is 2. The van der Waals surface area contributed by atoms with Crippen LogP contribution < -0.4 is 16.4 Å². The Morgan fingerprint density at radius 2 is 1.77 bits per heavy atom. The maximum atomic E-state index is 11.4. The van der Waals surface area contributed by atoms with Gasteiger partial charge in [-0.15, -0.1) is 0 Å². The Bertz CT molecular complexity index is 1210. The molecule has 8 atom stereocenters. The molecule has 1 aromatic carbocycles. The van der Waals surface area contributed by atoms with E-state index in [1.54, 1.807) is 0 Å². The second-order valence-corrected chi connectivity index (χ2v) is 16.8. The minimum atomic E-state index is -0.692. The molecule has 9 heteroatoms. The summed E-state index contributed by atoms with van der Waals surface area (Å²) in [4.78, 5) is 10.1. The smallest absolute Gasteiger partial charge is 0.0964 e. The van der Waals surface area contributed by atoms with Gasteiger partial charge in [-0.3, -0.25) is 14.7 Å². The highest BCUT2D eigenvalue weighted by atomic mass is 16.3. The van der Waals surface area contributed by atoms with Gasteiger partial charge in [-0.2, -0.15) is 0 Å². The van der Waals surface area contributed by atoms with Crippen LogP contribution in [0.25, 0.3) is 0 Å². The number of nitrogens with zero attached hydrogens (tertiary/aromatic N) is 4. The molecule has 3 aliphatic heterocycles. The van der Waals surface area contributed by atoms with Gasteiger partial charge in [0.15, 0.2) is 0 Å². The molecular weight excluding hydrogens is 586 g/mol. The number of aliphatic hydroxyl groups is 2. The largest absolute Gasteiger partial charge is 0.390 e. The predicted molar refractivity (Wildman–Crippen MR) is 191 cm³/mol. The molecule has 0 amide bonds. The highest BCUT2D eigenvalue weighted by Gasteiger charge is 2.53. The number of hydrogen-bond acceptors (Lipinski definition) is 9. The highest BCUT2D eigenvalue weighted by Crippen LogP contribution is 2.46. The number of rotatable bonds is 13. The van der Waals surface area contributed by atoms with Crippen LogP contribution in [0.5, 0.6) is 0 Å². The lowest BCUT2D eigenvalue weighted by atomic mass is 9.66. The fourth-order valence-electron chi connectivity index (χ4n) is 10.3. The topological polar surface area (TPSA) is 104 Å². The van der Waals surface area contributed by atoms with Crippen molar-refractivity contribution >= 4 is 11.4 Å². The SMILES string of the molecule is CCCCN1CN(CCC)C2C(CCN2[C@@H]2C[C@H](CN(C)[C@H]3C[C@H](CCC4Nc5ccc(C6(C)CCC6)cc5N4)C3)[C@@H](O)[C@H]2O)C1N. The van der Waals surface area contributed by atoms with E-state index in [2.05, 4.69) is 76.3 Å². The van der Waals surface area contributed by atoms with Crippen LogP contribution in [0.4, 0.5) is 11.4 Å². The summed E-state index contributed by atoms with van der Waals surface area (Å²) >= 11 is 0. The van der Waals surface area contributed by atoms with Crippen molar-refractivity contribution in [3.05, 3.63) is 23.8 Å². The molecule has 264 valence electrons. The van der Waals surface area contributed by atoms with Gasteiger partial charge in [0.2, 0.25) is 0 Å². The first-order chi connectivity index (χ1) is 22.7. The average Bonchev–Trinajstić information content (AvgIpc) is 3.72. The van der Waals surface area contributed by atoms with Crippen molar-refractivity contribution in [2.24, 2.45) is 23.5 Å². The fourth-order valence-corrected chi connectivity index (χ4v) is 10.3. The van der Waals surface area contributed by atoms with Crippen molar-refractivity contribution in [3.8, 4) is 0 Å². The van der Waals surface area contributed by atoms with Gasteiger partial charge in [-0.1, -0.05) is 39.7 Å². The molecule has 0 aromatic heterocycles. The van der Waals surface area contributed by atoms with Crippen LogP contribution in [0, 0.1) is 17.8 Å². The molecule has 3 aliphatic carbocycles. The van der Waals surface area contributed by atoms with E-state index in [4.69, 9.17) is 5.73 Å². The van der Waals surface area contributed by atoms with Crippen molar-refractivity contribution in [2.75, 3.05) is 50.5 Å². The van der Waals surface area contributed by atoms with Crippen molar-refractivity contribution < 1.29 is 10.2 Å². The zero-order valence-corrected chi connectivity index (χ0v) is 29.8. The lowest BCUT2D eigenvalue weighted by molar-refractivity contribution is -0.101. The Morgan fingerprint density at radius 1 is 0.979 bits per heavy atom. The van der Waals surface area contributed by atoms with E-state index in [1.165, 1.54) is 68.3 Å². The number of fused-ring (bicyclic) bond motifs is 2. The summed E-state index contributed by atoms with van der Waals surface area (Å²) in [6, 6.07) is 7.59. The van der Waals surface area contributed by atoms with Crippen LogP contribution >= 0.6 is 0 Å². The lowest BCUT2D eigenvalue weighted by Crippen LogP contribution is -2.66. The van der Waals surface area contributed by atoms with E-state index >= 15 is 0 Å². The maximum absolute atomic E-state index is 11.4. The van der Waals surface area contributed by atoms with E-state index in [0.29, 0.717) is 23.5 Å². The van der Waals surface area contributed by atoms with E-state index < -0.39 is 12.2 Å². The minimum absolute atomic E-state index is 0.00415. The molecule has 2 saturated heterocycles. The van der Waals surface area contributed by atoms with Crippen LogP contribution in [0.1, 0.15) is 103 Å². The zero-order valence-electron chi connectivity index (χ0n) is 29.8. The van der Waals surface area contributed by atoms with E-state index in [-0.39, 0.29) is 24.3 Å². The first-order valence-electron chi connectivity index (χ1n) is 19.4. The number of aliphatic hydroxyl groups excluding tert-OH is 2. The average molecular weight is 652 g/mol. The fraction of sp³-hybridized carbons (Fsp3) is 0.842. The van der Waals surface area contributed by atoms with E-state index in [0.717, 1.165) is 64.4 Å². The summed E-state index contributed by atoms with van der Waals surface area (Å²) in [7, 11) is 2.24. The zero-order chi connectivity index (χ0) is 32.9. The van der Waals surface area contributed by atoms with Crippen LogP contribution in [-0.4, -0.2) is 112 Å². The van der Waals surface area contributed by atoms with E-state index in [9.17, 15) is 10.2 Å². The third-order valence-corrected chi connectivity index (χ3v) is 13.6. The minimum Gasteiger partial charge on any atom is -0.390 e. The Hall–Kier alpha value is -1.46. The van der Waals surface area contributed by atoms with Crippen molar-refractivity contribution in [1.29, 1.82) is 0 Å². The Labute approximate surface area is 284 Å². The Balaban J connectivity index is 0.875. The number of benzene rings is 1. The summed E-state index contributed by atoms with van der Waals surface area (Å²) in [5.41, 5.74) is 11.3. The quantitative estimate of drug-likeness (QED) is 0.209. The summed E-state index contributed by atoms with van der Waals surface area (Å²) in [6.45, 7) is 11.8. The molecule has 5 fully saturated rings. The normalized spacial score (nSPS) is 38.5. The molecular formula is C38H65N7O2. The first kappa shape index (κ1) is 34.0. The molecule has 0 radical (unpaired) electrons. The standard InChI is InChI=1S/C38H65N7O2/c1-5-7-17-43-24-44(16-6-2)37-29(36(43)39)13-18-45(37)32-21-26(34(46)35(32)47)23-42(4)28-19-25(20-28)9-12-33-40-30-11-10-27(22-31(30)41-33)38(3)14-8-15-38/h10-11,22,25-26,28-29,32-37,40-41,46-47H,5-9,12-21,23-24,39H2,1-4H3/t25-,26-,28-,29?,32-,33?,34-,35+,36?,37?/m1/s1. The van der Waals surface area contributed by atoms with Gasteiger partial charge >= 0.3 is 0 Å². The van der Waals surface area contributed by atoms with Crippen molar-refractivity contribution in [3.63, 3.8) is 0 Å². The number of unbranched alkanes of at least 4 members (excludes halogenated alkanes) is 1. The molecule has 7 rings (SSSR count). The first-order valence-corrected chi connectivity index (χ1v) is 19.4. The molecule has 47 heavy (non-hydrogen) atoms. The number of nitrogens with one attached hydrogen (secondary N) is 2. The lowest BCUT2D eigenvalue weighted by Gasteiger charge is -2.51. The van der Waals surface area contributed by atoms with Crippen LogP contribution in [0.15, 0.2) is 18.2 Å². The molecule has 3 saturated carbocycles. The van der Waals surface area contributed by atoms with Gasteiger partial charge in [-0.05, 0) is 100 Å². The maximum Gasteiger partial charge on any atom is 0.0964 e. The number of likely N-dealkylation sites (tertiary alicyclic amines) is 1. The van der Waals surface area contributed by atoms with Crippen LogP contribution in [0.2, 0.25) is 0 Å². The summed E-state index contributed by atoms with van der Waals surface area (Å²) in [5, 5.41) is 30.2. The van der Waals surface area contributed by atoms with Crippen molar-refractivity contribution in [2.45, 2.75) is 146 Å². The molecule has 0 spiro atoms. The van der Waals surface area contributed by atoms with Crippen LogP contribution in [-0.2, 0) is 5.41 Å². The van der Waals surface area contributed by atoms with Gasteiger partial charge in [0.1, 0.15) is 0 Å². The Kier molecular flexibility index (Phi) is 10.2. The highest BCUT2D eigenvalue weighted by molar-refractivity contribution is 5.75.